The van der Waals surface area contributed by atoms with E-state index in [1.807, 2.05) is 0 Å². The van der Waals surface area contributed by atoms with Gasteiger partial charge in [-0.1, -0.05) is 19.8 Å². The minimum atomic E-state index is 0.858. The first kappa shape index (κ1) is 12.4. The molecule has 0 atom stereocenters. The molecule has 0 aliphatic carbocycles. The van der Waals surface area contributed by atoms with Crippen molar-refractivity contribution in [1.82, 2.24) is 9.80 Å². The highest BCUT2D eigenvalue weighted by Gasteiger charge is 2.17. The first-order chi connectivity index (χ1) is 7.84. The van der Waals surface area contributed by atoms with Crippen LogP contribution in [0.4, 0.5) is 0 Å². The predicted molar refractivity (Wildman–Crippen MR) is 69.7 cm³/mol. The molecule has 2 heterocycles. The normalized spacial score (nSPS) is 25.1. The Morgan fingerprint density at radius 1 is 0.688 bits per heavy atom. The van der Waals surface area contributed by atoms with Crippen LogP contribution in [-0.4, -0.2) is 49.1 Å². The van der Waals surface area contributed by atoms with Crippen LogP contribution in [0.3, 0.4) is 0 Å². The minimum absolute atomic E-state index is 0.858. The molecule has 0 unspecified atom stereocenters. The summed E-state index contributed by atoms with van der Waals surface area (Å²) in [6, 6.07) is 0. The van der Waals surface area contributed by atoms with Crippen molar-refractivity contribution >= 4 is 0 Å². The number of hydrogen-bond donors (Lipinski definition) is 0. The van der Waals surface area contributed by atoms with E-state index in [1.54, 1.807) is 0 Å². The lowest BCUT2D eigenvalue weighted by atomic mass is 10.1. The van der Waals surface area contributed by atoms with Gasteiger partial charge in [0.15, 0.2) is 0 Å². The Balaban J connectivity index is 1.64. The molecule has 2 fully saturated rings. The highest BCUT2D eigenvalue weighted by molar-refractivity contribution is 4.72. The van der Waals surface area contributed by atoms with Crippen LogP contribution in [0.1, 0.15) is 45.4 Å². The molecule has 2 aliphatic rings. The minimum Gasteiger partial charge on any atom is -0.303 e. The number of piperidine rings is 2. The van der Waals surface area contributed by atoms with Gasteiger partial charge in [-0.3, -0.25) is 0 Å². The van der Waals surface area contributed by atoms with Crippen molar-refractivity contribution in [1.29, 1.82) is 0 Å². The molecule has 0 aromatic rings. The smallest absolute Gasteiger partial charge is 0.00192 e. The van der Waals surface area contributed by atoms with Crippen LogP contribution in [0.5, 0.6) is 0 Å². The maximum absolute atomic E-state index is 2.68. The van der Waals surface area contributed by atoms with E-state index in [2.05, 4.69) is 16.7 Å². The molecule has 0 N–H and O–H groups in total. The molecule has 2 saturated heterocycles. The van der Waals surface area contributed by atoms with Crippen molar-refractivity contribution in [2.24, 2.45) is 5.92 Å². The number of likely N-dealkylation sites (tertiary alicyclic amines) is 2. The topological polar surface area (TPSA) is 6.48 Å². The van der Waals surface area contributed by atoms with E-state index >= 15 is 0 Å². The van der Waals surface area contributed by atoms with Crippen LogP contribution < -0.4 is 0 Å². The lowest BCUT2D eigenvalue weighted by Gasteiger charge is -2.33. The second-order valence-electron chi connectivity index (χ2n) is 5.83. The average molecular weight is 224 g/mol. The van der Waals surface area contributed by atoms with E-state index in [0.29, 0.717) is 0 Å². The lowest BCUT2D eigenvalue weighted by molar-refractivity contribution is 0.152. The molecule has 0 saturated carbocycles. The van der Waals surface area contributed by atoms with Crippen molar-refractivity contribution in [2.45, 2.75) is 45.4 Å². The SMILES string of the molecule is CC(CN1CCCCC1)CN1CCCCC1. The van der Waals surface area contributed by atoms with Crippen LogP contribution >= 0.6 is 0 Å². The van der Waals surface area contributed by atoms with Gasteiger partial charge in [0.05, 0.1) is 0 Å². The zero-order valence-corrected chi connectivity index (χ0v) is 11.0. The van der Waals surface area contributed by atoms with Gasteiger partial charge in [0.1, 0.15) is 0 Å². The van der Waals surface area contributed by atoms with Crippen molar-refractivity contribution in [2.75, 3.05) is 39.3 Å². The molecular formula is C14H28N2. The second kappa shape index (κ2) is 6.61. The monoisotopic (exact) mass is 224 g/mol. The highest BCUT2D eigenvalue weighted by Crippen LogP contribution is 2.14. The highest BCUT2D eigenvalue weighted by atomic mass is 15.2. The van der Waals surface area contributed by atoms with Gasteiger partial charge in [0.25, 0.3) is 0 Å². The molecule has 2 nitrogen and oxygen atoms in total. The Labute approximate surface area is 101 Å². The molecule has 0 amide bonds. The summed E-state index contributed by atoms with van der Waals surface area (Å²) in [6.07, 6.45) is 8.62. The van der Waals surface area contributed by atoms with Gasteiger partial charge in [0.2, 0.25) is 0 Å². The molecule has 0 aromatic heterocycles. The van der Waals surface area contributed by atoms with Gasteiger partial charge < -0.3 is 9.80 Å². The standard InChI is InChI=1S/C14H28N2/c1-14(12-15-8-4-2-5-9-15)13-16-10-6-3-7-11-16/h14H,2-13H2,1H3. The Hall–Kier alpha value is -0.0800. The summed E-state index contributed by atoms with van der Waals surface area (Å²) in [5.41, 5.74) is 0. The first-order valence-corrected chi connectivity index (χ1v) is 7.29. The van der Waals surface area contributed by atoms with E-state index in [9.17, 15) is 0 Å². The fourth-order valence-corrected chi connectivity index (χ4v) is 3.22. The van der Waals surface area contributed by atoms with Gasteiger partial charge in [0, 0.05) is 13.1 Å². The van der Waals surface area contributed by atoms with E-state index < -0.39 is 0 Å². The van der Waals surface area contributed by atoms with Gasteiger partial charge in [-0.15, -0.1) is 0 Å². The summed E-state index contributed by atoms with van der Waals surface area (Å²) in [6.45, 7) is 10.5. The van der Waals surface area contributed by atoms with Gasteiger partial charge in [-0.25, -0.2) is 0 Å². The molecule has 16 heavy (non-hydrogen) atoms. The van der Waals surface area contributed by atoms with Crippen LogP contribution in [0.25, 0.3) is 0 Å². The molecule has 2 aliphatic heterocycles. The molecule has 0 aromatic carbocycles. The summed E-state index contributed by atoms with van der Waals surface area (Å²) in [7, 11) is 0. The molecular weight excluding hydrogens is 196 g/mol. The van der Waals surface area contributed by atoms with E-state index in [0.717, 1.165) is 5.92 Å². The van der Waals surface area contributed by atoms with Crippen LogP contribution in [0, 0.1) is 5.92 Å². The van der Waals surface area contributed by atoms with Crippen LogP contribution in [0.15, 0.2) is 0 Å². The molecule has 94 valence electrons. The lowest BCUT2D eigenvalue weighted by Crippen LogP contribution is -2.39. The Morgan fingerprint density at radius 3 is 1.44 bits per heavy atom. The van der Waals surface area contributed by atoms with Crippen LogP contribution in [0.2, 0.25) is 0 Å². The summed E-state index contributed by atoms with van der Waals surface area (Å²) in [5.74, 6) is 0.858. The molecule has 0 bridgehead atoms. The Bertz CT molecular complexity index is 161. The van der Waals surface area contributed by atoms with Crippen molar-refractivity contribution in [3.05, 3.63) is 0 Å². The van der Waals surface area contributed by atoms with Gasteiger partial charge in [-0.05, 0) is 57.8 Å². The maximum Gasteiger partial charge on any atom is 0.00192 e. The number of rotatable bonds is 4. The molecule has 0 radical (unpaired) electrons. The van der Waals surface area contributed by atoms with E-state index in [1.165, 1.54) is 77.8 Å². The summed E-state index contributed by atoms with van der Waals surface area (Å²) >= 11 is 0. The van der Waals surface area contributed by atoms with Crippen molar-refractivity contribution < 1.29 is 0 Å². The van der Waals surface area contributed by atoms with Crippen LogP contribution in [-0.2, 0) is 0 Å². The molecule has 2 rings (SSSR count). The second-order valence-corrected chi connectivity index (χ2v) is 5.83. The van der Waals surface area contributed by atoms with Gasteiger partial charge in [-0.2, -0.15) is 0 Å². The number of hydrogen-bond acceptors (Lipinski definition) is 2. The average Bonchev–Trinajstić information content (AvgIpc) is 2.31. The quantitative estimate of drug-likeness (QED) is 0.724. The van der Waals surface area contributed by atoms with Crippen molar-refractivity contribution in [3.63, 3.8) is 0 Å². The zero-order valence-electron chi connectivity index (χ0n) is 11.0. The first-order valence-electron chi connectivity index (χ1n) is 7.29. The number of nitrogens with zero attached hydrogens (tertiary/aromatic N) is 2. The predicted octanol–water partition coefficient (Wildman–Crippen LogP) is 2.59. The zero-order chi connectivity index (χ0) is 11.2. The fourth-order valence-electron chi connectivity index (χ4n) is 3.22. The van der Waals surface area contributed by atoms with E-state index in [-0.39, 0.29) is 0 Å². The third-order valence-electron chi connectivity index (χ3n) is 4.04. The van der Waals surface area contributed by atoms with E-state index in [4.69, 9.17) is 0 Å². The maximum atomic E-state index is 2.68. The Morgan fingerprint density at radius 2 is 1.06 bits per heavy atom. The summed E-state index contributed by atoms with van der Waals surface area (Å²) in [5, 5.41) is 0. The molecule has 0 spiro atoms. The van der Waals surface area contributed by atoms with Crippen molar-refractivity contribution in [3.8, 4) is 0 Å². The molecule has 2 heteroatoms. The summed E-state index contributed by atoms with van der Waals surface area (Å²) in [4.78, 5) is 5.36. The summed E-state index contributed by atoms with van der Waals surface area (Å²) < 4.78 is 0. The largest absolute Gasteiger partial charge is 0.303 e. The third kappa shape index (κ3) is 4.06. The third-order valence-corrected chi connectivity index (χ3v) is 4.04. The fraction of sp³-hybridized carbons (Fsp3) is 1.00. The van der Waals surface area contributed by atoms with Gasteiger partial charge >= 0.3 is 0 Å². The Kier molecular flexibility index (Phi) is 5.11.